The number of hydrogen-bond acceptors (Lipinski definition) is 5. The van der Waals surface area contributed by atoms with Crippen LogP contribution in [-0.2, 0) is 9.53 Å². The van der Waals surface area contributed by atoms with Gasteiger partial charge in [-0.1, -0.05) is 26.8 Å². The predicted molar refractivity (Wildman–Crippen MR) is 124 cm³/mol. The Morgan fingerprint density at radius 1 is 1.27 bits per heavy atom. The van der Waals surface area contributed by atoms with Crippen molar-refractivity contribution >= 4 is 31.4 Å². The molecular weight excluding hydrogens is 395 g/mol. The van der Waals surface area contributed by atoms with Gasteiger partial charge in [-0.3, -0.25) is 4.79 Å². The first-order chi connectivity index (χ1) is 14.4. The van der Waals surface area contributed by atoms with Crippen LogP contribution in [0.2, 0.25) is 0 Å². The van der Waals surface area contributed by atoms with E-state index in [1.165, 1.54) is 0 Å². The monoisotopic (exact) mass is 424 g/mol. The van der Waals surface area contributed by atoms with Gasteiger partial charge >= 0.3 is 0 Å². The minimum absolute atomic E-state index is 0.0521. The Labute approximate surface area is 180 Å². The van der Waals surface area contributed by atoms with Gasteiger partial charge in [0.2, 0.25) is 0 Å². The zero-order chi connectivity index (χ0) is 21.3. The Balaban J connectivity index is 1.49. The number of hydrogen-bond donors (Lipinski definition) is 0. The largest absolute Gasteiger partial charge is 0.484 e. The maximum absolute atomic E-state index is 12.9. The topological polar surface area (TPSA) is 48.4 Å². The Kier molecular flexibility index (Phi) is 6.07. The van der Waals surface area contributed by atoms with Crippen LogP contribution in [0.25, 0.3) is 5.31 Å². The molecule has 3 aliphatic rings. The van der Waals surface area contributed by atoms with E-state index in [2.05, 4.69) is 41.0 Å². The van der Waals surface area contributed by atoms with Crippen molar-refractivity contribution < 1.29 is 9.53 Å². The number of benzene rings is 1. The molecule has 0 N–H and O–H groups in total. The molecule has 1 aromatic rings. The molecule has 3 aliphatic heterocycles. The molecule has 3 unspecified atom stereocenters. The molecule has 1 saturated heterocycles. The number of likely N-dealkylation sites (tertiary alicyclic amines) is 1. The summed E-state index contributed by atoms with van der Waals surface area (Å²) >= 11 is 0. The fraction of sp³-hybridized carbons (Fsp3) is 0.391. The standard InChI is InChI=1S/C23H29N4O2P/c1-16(29-4)24-18-7-5-17(6-8-18)21-13-22(28)27-15-20(9-10-23(27)30-21)26-12-11-19(14-26)25(2)3/h5-10,13,15,19,23,30H,11-12,14H2,1-4H3. The Morgan fingerprint density at radius 2 is 2.03 bits per heavy atom. The fourth-order valence-electron chi connectivity index (χ4n) is 3.96. The highest BCUT2D eigenvalue weighted by atomic mass is 31.1. The highest BCUT2D eigenvalue weighted by Crippen LogP contribution is 2.45. The van der Waals surface area contributed by atoms with E-state index < -0.39 is 0 Å². The second-order valence-electron chi connectivity index (χ2n) is 8.04. The Morgan fingerprint density at radius 3 is 2.70 bits per heavy atom. The molecule has 158 valence electrons. The molecule has 0 aromatic heterocycles. The lowest BCUT2D eigenvalue weighted by atomic mass is 10.1. The van der Waals surface area contributed by atoms with Crippen molar-refractivity contribution in [1.29, 1.82) is 0 Å². The molecule has 0 spiro atoms. The number of methoxy groups -OCH3 is 1. The van der Waals surface area contributed by atoms with Crippen LogP contribution in [0.15, 0.2) is 59.4 Å². The van der Waals surface area contributed by atoms with Crippen LogP contribution in [0.4, 0.5) is 5.69 Å². The molecule has 0 radical (unpaired) electrons. The third kappa shape index (κ3) is 4.35. The number of carbonyl (C=O) groups is 1. The van der Waals surface area contributed by atoms with Gasteiger partial charge in [0, 0.05) is 38.3 Å². The maximum Gasteiger partial charge on any atom is 0.252 e. The summed E-state index contributed by atoms with van der Waals surface area (Å²) in [6.45, 7) is 3.87. The third-order valence-electron chi connectivity index (χ3n) is 5.87. The zero-order valence-electron chi connectivity index (χ0n) is 18.0. The van der Waals surface area contributed by atoms with Gasteiger partial charge in [-0.15, -0.1) is 0 Å². The first-order valence-electron chi connectivity index (χ1n) is 10.3. The molecule has 4 rings (SSSR count). The van der Waals surface area contributed by atoms with E-state index in [0.29, 0.717) is 20.5 Å². The molecule has 1 fully saturated rings. The number of allylic oxidation sites excluding steroid dienone is 1. The summed E-state index contributed by atoms with van der Waals surface area (Å²) in [5.74, 6) is 0.773. The number of ether oxygens (including phenoxy) is 1. The molecule has 7 heteroatoms. The van der Waals surface area contributed by atoms with Crippen molar-refractivity contribution in [2.24, 2.45) is 4.99 Å². The Bertz CT molecular complexity index is 933. The van der Waals surface area contributed by atoms with Crippen molar-refractivity contribution in [1.82, 2.24) is 14.7 Å². The first kappa shape index (κ1) is 20.8. The number of amides is 1. The van der Waals surface area contributed by atoms with Crippen LogP contribution in [-0.4, -0.2) is 72.6 Å². The van der Waals surface area contributed by atoms with E-state index >= 15 is 0 Å². The third-order valence-corrected chi connectivity index (χ3v) is 7.38. The van der Waals surface area contributed by atoms with Crippen molar-refractivity contribution in [3.63, 3.8) is 0 Å². The number of carbonyl (C=O) groups excluding carboxylic acids is 1. The van der Waals surface area contributed by atoms with Crippen LogP contribution < -0.4 is 0 Å². The Hall–Kier alpha value is -2.43. The summed E-state index contributed by atoms with van der Waals surface area (Å²) in [5, 5.41) is 1.09. The van der Waals surface area contributed by atoms with Gasteiger partial charge in [0.05, 0.1) is 24.3 Å². The molecule has 1 aromatic carbocycles. The van der Waals surface area contributed by atoms with Crippen LogP contribution in [0.5, 0.6) is 0 Å². The average Bonchev–Trinajstić information content (AvgIpc) is 3.24. The maximum atomic E-state index is 12.9. The minimum Gasteiger partial charge on any atom is -0.484 e. The van der Waals surface area contributed by atoms with E-state index in [0.717, 1.165) is 41.8 Å². The lowest BCUT2D eigenvalue weighted by Gasteiger charge is -2.35. The van der Waals surface area contributed by atoms with Gasteiger partial charge in [0.25, 0.3) is 5.91 Å². The molecule has 1 amide bonds. The number of aliphatic imine (C=N–C) groups is 1. The smallest absolute Gasteiger partial charge is 0.252 e. The van der Waals surface area contributed by atoms with Gasteiger partial charge in [-0.05, 0) is 49.6 Å². The predicted octanol–water partition coefficient (Wildman–Crippen LogP) is 3.62. The minimum atomic E-state index is 0.0521. The van der Waals surface area contributed by atoms with Gasteiger partial charge in [-0.2, -0.15) is 0 Å². The number of nitrogens with zero attached hydrogens (tertiary/aromatic N) is 4. The summed E-state index contributed by atoms with van der Waals surface area (Å²) in [6, 6.07) is 8.56. The van der Waals surface area contributed by atoms with E-state index in [4.69, 9.17) is 4.74 Å². The molecular formula is C23H29N4O2P. The van der Waals surface area contributed by atoms with Gasteiger partial charge < -0.3 is 19.4 Å². The van der Waals surface area contributed by atoms with E-state index in [1.807, 2.05) is 42.3 Å². The summed E-state index contributed by atoms with van der Waals surface area (Å²) in [7, 11) is 6.40. The molecule has 3 atom stereocenters. The molecule has 0 saturated carbocycles. The fourth-order valence-corrected chi connectivity index (χ4v) is 5.35. The molecule has 6 nitrogen and oxygen atoms in total. The van der Waals surface area contributed by atoms with Gasteiger partial charge in [0.1, 0.15) is 0 Å². The molecule has 3 heterocycles. The van der Waals surface area contributed by atoms with Crippen LogP contribution in [0.3, 0.4) is 0 Å². The molecule has 0 aliphatic carbocycles. The summed E-state index contributed by atoms with van der Waals surface area (Å²) in [6.07, 6.45) is 9.35. The van der Waals surface area contributed by atoms with Crippen molar-refractivity contribution in [2.75, 3.05) is 34.3 Å². The quantitative estimate of drug-likeness (QED) is 0.421. The first-order valence-corrected chi connectivity index (χ1v) is 11.3. The van der Waals surface area contributed by atoms with Crippen molar-refractivity contribution in [3.05, 3.63) is 60.0 Å². The zero-order valence-corrected chi connectivity index (χ0v) is 19.0. The van der Waals surface area contributed by atoms with E-state index in [9.17, 15) is 4.79 Å². The SMILES string of the molecule is COC(C)=Nc1ccc(C2=CC(=O)N3C=C(N4CCC(N(C)C)C4)C=CC3P2)cc1. The lowest BCUT2D eigenvalue weighted by Crippen LogP contribution is -2.38. The molecule has 30 heavy (non-hydrogen) atoms. The van der Waals surface area contributed by atoms with Crippen LogP contribution >= 0.6 is 8.58 Å². The van der Waals surface area contributed by atoms with Crippen LogP contribution in [0.1, 0.15) is 18.9 Å². The lowest BCUT2D eigenvalue weighted by molar-refractivity contribution is -0.123. The van der Waals surface area contributed by atoms with Crippen molar-refractivity contribution in [3.8, 4) is 0 Å². The second-order valence-corrected chi connectivity index (χ2v) is 9.46. The summed E-state index contributed by atoms with van der Waals surface area (Å²) in [5.41, 5.74) is 3.06. The van der Waals surface area contributed by atoms with E-state index in [1.54, 1.807) is 13.2 Å². The number of rotatable bonds is 4. The molecule has 0 bridgehead atoms. The highest BCUT2D eigenvalue weighted by Gasteiger charge is 2.31. The highest BCUT2D eigenvalue weighted by molar-refractivity contribution is 7.51. The average molecular weight is 424 g/mol. The van der Waals surface area contributed by atoms with Crippen LogP contribution in [0, 0.1) is 0 Å². The number of likely N-dealkylation sites (N-methyl/N-ethyl adjacent to an activating group) is 1. The summed E-state index contributed by atoms with van der Waals surface area (Å²) < 4.78 is 5.11. The summed E-state index contributed by atoms with van der Waals surface area (Å²) in [4.78, 5) is 23.8. The number of fused-ring (bicyclic) bond motifs is 1. The van der Waals surface area contributed by atoms with Crippen molar-refractivity contribution in [2.45, 2.75) is 25.2 Å². The second kappa shape index (κ2) is 8.75. The van der Waals surface area contributed by atoms with Gasteiger partial charge in [-0.25, -0.2) is 4.99 Å². The normalized spacial score (nSPS) is 25.0. The van der Waals surface area contributed by atoms with Gasteiger partial charge in [0.15, 0.2) is 5.90 Å². The van der Waals surface area contributed by atoms with E-state index in [-0.39, 0.29) is 11.7 Å².